The predicted octanol–water partition coefficient (Wildman–Crippen LogP) is 2.54. The van der Waals surface area contributed by atoms with Crippen molar-refractivity contribution in [3.05, 3.63) is 65.7 Å². The minimum absolute atomic E-state index is 0.236. The summed E-state index contributed by atoms with van der Waals surface area (Å²) in [5, 5.41) is 7.76. The first-order valence-electron chi connectivity index (χ1n) is 6.78. The molecule has 1 atom stereocenters. The summed E-state index contributed by atoms with van der Waals surface area (Å²) in [6, 6.07) is 8.91. The molecule has 1 N–H and O–H groups in total. The fourth-order valence-corrected chi connectivity index (χ4v) is 2.45. The number of benzene rings is 1. The fourth-order valence-electron chi connectivity index (χ4n) is 2.45. The summed E-state index contributed by atoms with van der Waals surface area (Å²) >= 11 is 0. The first-order valence-corrected chi connectivity index (χ1v) is 6.78. The highest BCUT2D eigenvalue weighted by Crippen LogP contribution is 2.22. The molecule has 0 aliphatic carbocycles. The molecule has 1 aromatic carbocycles. The molecule has 0 aliphatic rings. The average Bonchev–Trinajstić information content (AvgIpc) is 2.91. The minimum Gasteiger partial charge on any atom is -0.313 e. The van der Waals surface area contributed by atoms with Crippen LogP contribution in [0.25, 0.3) is 5.52 Å². The van der Waals surface area contributed by atoms with Crippen LogP contribution < -0.4 is 5.32 Å². The predicted molar refractivity (Wildman–Crippen MR) is 79.7 cm³/mol. The second-order valence-corrected chi connectivity index (χ2v) is 5.04. The third-order valence-corrected chi connectivity index (χ3v) is 3.64. The van der Waals surface area contributed by atoms with Crippen molar-refractivity contribution in [2.24, 2.45) is 0 Å². The summed E-state index contributed by atoms with van der Waals surface area (Å²) < 4.78 is 1.86. The van der Waals surface area contributed by atoms with Gasteiger partial charge in [-0.1, -0.05) is 29.8 Å². The van der Waals surface area contributed by atoms with E-state index < -0.39 is 0 Å². The molecule has 0 saturated carbocycles. The third-order valence-electron chi connectivity index (χ3n) is 3.64. The molecule has 3 rings (SSSR count). The first-order chi connectivity index (χ1) is 9.78. The maximum Gasteiger partial charge on any atom is 0.0892 e. The lowest BCUT2D eigenvalue weighted by Gasteiger charge is -2.15. The molecule has 0 fully saturated rings. The molecule has 0 aliphatic heterocycles. The molecule has 102 valence electrons. The van der Waals surface area contributed by atoms with Gasteiger partial charge >= 0.3 is 0 Å². The Labute approximate surface area is 118 Å². The zero-order chi connectivity index (χ0) is 13.9. The Morgan fingerprint density at radius 2 is 2.00 bits per heavy atom. The number of rotatable bonds is 4. The average molecular weight is 266 g/mol. The van der Waals surface area contributed by atoms with Crippen molar-refractivity contribution in [1.82, 2.24) is 19.9 Å². The third kappa shape index (κ3) is 2.42. The van der Waals surface area contributed by atoms with E-state index in [0.29, 0.717) is 0 Å². The van der Waals surface area contributed by atoms with Crippen LogP contribution in [0.5, 0.6) is 0 Å². The first kappa shape index (κ1) is 12.8. The molecular weight excluding hydrogens is 248 g/mol. The molecule has 3 aromatic rings. The Morgan fingerprint density at radius 1 is 1.20 bits per heavy atom. The maximum atomic E-state index is 4.38. The van der Waals surface area contributed by atoms with Crippen LogP contribution in [0.15, 0.2) is 49.1 Å². The molecule has 0 spiro atoms. The Hall–Kier alpha value is -2.20. The fraction of sp³-hybridized carbons (Fsp3) is 0.250. The van der Waals surface area contributed by atoms with Crippen LogP contribution in [0.3, 0.4) is 0 Å². The van der Waals surface area contributed by atoms with E-state index in [4.69, 9.17) is 0 Å². The largest absolute Gasteiger partial charge is 0.313 e. The van der Waals surface area contributed by atoms with E-state index >= 15 is 0 Å². The number of hydrogen-bond acceptors (Lipinski definition) is 3. The maximum absolute atomic E-state index is 4.38. The van der Waals surface area contributed by atoms with E-state index in [0.717, 1.165) is 11.9 Å². The van der Waals surface area contributed by atoms with Crippen molar-refractivity contribution in [3.63, 3.8) is 0 Å². The van der Waals surface area contributed by atoms with Crippen LogP contribution in [-0.4, -0.2) is 21.6 Å². The topological polar surface area (TPSA) is 42.2 Å². The molecule has 0 saturated heterocycles. The quantitative estimate of drug-likeness (QED) is 0.789. The SMILES string of the molecule is CNC(Cc1ccc(C)cc1)c1cnn2ccncc12. The molecule has 0 amide bonds. The lowest BCUT2D eigenvalue weighted by Crippen LogP contribution is -2.18. The van der Waals surface area contributed by atoms with Gasteiger partial charge < -0.3 is 5.32 Å². The van der Waals surface area contributed by atoms with Gasteiger partial charge in [0.05, 0.1) is 17.9 Å². The van der Waals surface area contributed by atoms with Gasteiger partial charge in [-0.05, 0) is 26.0 Å². The van der Waals surface area contributed by atoms with Crippen LogP contribution in [0.2, 0.25) is 0 Å². The highest BCUT2D eigenvalue weighted by Gasteiger charge is 2.15. The number of nitrogens with one attached hydrogen (secondary N) is 1. The molecule has 4 nitrogen and oxygen atoms in total. The monoisotopic (exact) mass is 266 g/mol. The Bertz CT molecular complexity index is 700. The van der Waals surface area contributed by atoms with Gasteiger partial charge in [-0.3, -0.25) is 4.98 Å². The summed E-state index contributed by atoms with van der Waals surface area (Å²) in [6.07, 6.45) is 8.34. The molecule has 0 bridgehead atoms. The second kappa shape index (κ2) is 5.43. The summed E-state index contributed by atoms with van der Waals surface area (Å²) in [4.78, 5) is 4.19. The van der Waals surface area contributed by atoms with Crippen molar-refractivity contribution < 1.29 is 0 Å². The van der Waals surface area contributed by atoms with Crippen molar-refractivity contribution in [2.45, 2.75) is 19.4 Å². The van der Waals surface area contributed by atoms with Crippen LogP contribution >= 0.6 is 0 Å². The lowest BCUT2D eigenvalue weighted by molar-refractivity contribution is 0.596. The number of hydrogen-bond donors (Lipinski definition) is 1. The van der Waals surface area contributed by atoms with Gasteiger partial charge in [-0.15, -0.1) is 0 Å². The zero-order valence-corrected chi connectivity index (χ0v) is 11.7. The highest BCUT2D eigenvalue weighted by atomic mass is 15.2. The van der Waals surface area contributed by atoms with Crippen LogP contribution in [0, 0.1) is 6.92 Å². The van der Waals surface area contributed by atoms with Crippen LogP contribution in [-0.2, 0) is 6.42 Å². The number of aryl methyl sites for hydroxylation is 1. The van der Waals surface area contributed by atoms with Gasteiger partial charge in [-0.25, -0.2) is 4.52 Å². The smallest absolute Gasteiger partial charge is 0.0892 e. The van der Waals surface area contributed by atoms with Crippen molar-refractivity contribution >= 4 is 5.52 Å². The van der Waals surface area contributed by atoms with Crippen LogP contribution in [0.4, 0.5) is 0 Å². The molecule has 4 heteroatoms. The minimum atomic E-state index is 0.236. The van der Waals surface area contributed by atoms with Gasteiger partial charge in [0.25, 0.3) is 0 Å². The molecule has 2 heterocycles. The standard InChI is InChI=1S/C16H18N4/c1-12-3-5-13(6-4-12)9-15(17-2)14-10-19-20-8-7-18-11-16(14)20/h3-8,10-11,15,17H,9H2,1-2H3. The van der Waals surface area contributed by atoms with Crippen molar-refractivity contribution in [3.8, 4) is 0 Å². The molecule has 20 heavy (non-hydrogen) atoms. The number of nitrogens with zero attached hydrogens (tertiary/aromatic N) is 3. The summed E-state index contributed by atoms with van der Waals surface area (Å²) in [6.45, 7) is 2.11. The van der Waals surface area contributed by atoms with Gasteiger partial charge in [0.1, 0.15) is 0 Å². The Kier molecular flexibility index (Phi) is 3.48. The van der Waals surface area contributed by atoms with Gasteiger partial charge in [0.2, 0.25) is 0 Å². The van der Waals surface area contributed by atoms with E-state index in [-0.39, 0.29) is 6.04 Å². The van der Waals surface area contributed by atoms with Gasteiger partial charge in [0, 0.05) is 24.0 Å². The molecule has 0 radical (unpaired) electrons. The van der Waals surface area contributed by atoms with E-state index in [9.17, 15) is 0 Å². The zero-order valence-electron chi connectivity index (χ0n) is 11.7. The Balaban J connectivity index is 1.91. The highest BCUT2D eigenvalue weighted by molar-refractivity contribution is 5.53. The number of fused-ring (bicyclic) bond motifs is 1. The normalized spacial score (nSPS) is 12.7. The van der Waals surface area contributed by atoms with E-state index in [1.165, 1.54) is 16.7 Å². The van der Waals surface area contributed by atoms with Crippen LogP contribution in [0.1, 0.15) is 22.7 Å². The number of likely N-dealkylation sites (N-methyl/N-ethyl adjacent to an activating group) is 1. The number of aromatic nitrogens is 3. The van der Waals surface area contributed by atoms with Gasteiger partial charge in [0.15, 0.2) is 0 Å². The lowest BCUT2D eigenvalue weighted by atomic mass is 9.99. The van der Waals surface area contributed by atoms with E-state index in [1.54, 1.807) is 6.20 Å². The van der Waals surface area contributed by atoms with E-state index in [2.05, 4.69) is 46.6 Å². The van der Waals surface area contributed by atoms with E-state index in [1.807, 2.05) is 30.2 Å². The molecular formula is C16H18N4. The molecule has 1 unspecified atom stereocenters. The summed E-state index contributed by atoms with van der Waals surface area (Å²) in [5.41, 5.74) is 4.84. The Morgan fingerprint density at radius 3 is 2.75 bits per heavy atom. The molecule has 2 aromatic heterocycles. The van der Waals surface area contributed by atoms with Crippen molar-refractivity contribution in [2.75, 3.05) is 7.05 Å². The summed E-state index contributed by atoms with van der Waals surface area (Å²) in [5.74, 6) is 0. The van der Waals surface area contributed by atoms with Gasteiger partial charge in [-0.2, -0.15) is 5.10 Å². The second-order valence-electron chi connectivity index (χ2n) is 5.04. The summed E-state index contributed by atoms with van der Waals surface area (Å²) in [7, 11) is 1.98. The van der Waals surface area contributed by atoms with Crippen molar-refractivity contribution in [1.29, 1.82) is 0 Å².